The van der Waals surface area contributed by atoms with E-state index in [1.54, 1.807) is 25.3 Å². The summed E-state index contributed by atoms with van der Waals surface area (Å²) in [7, 11) is 1.63. The molecule has 1 aromatic carbocycles. The second-order valence-electron chi connectivity index (χ2n) is 9.26. The van der Waals surface area contributed by atoms with Gasteiger partial charge in [0.25, 0.3) is 5.91 Å². The molecule has 9 nitrogen and oxygen atoms in total. The number of rotatable bonds is 10. The van der Waals surface area contributed by atoms with E-state index in [0.29, 0.717) is 61.7 Å². The predicted octanol–water partition coefficient (Wildman–Crippen LogP) is 3.88. The first-order valence-electron chi connectivity index (χ1n) is 12.8. The number of nitrogens with one attached hydrogen (secondary N) is 1. The largest absolute Gasteiger partial charge is 0.455 e. The first-order chi connectivity index (χ1) is 18.6. The molecule has 2 aromatic heterocycles. The Labute approximate surface area is 225 Å². The number of halogens is 1. The van der Waals surface area contributed by atoms with Crippen LogP contribution < -0.4 is 15.1 Å². The minimum Gasteiger partial charge on any atom is -0.455 e. The lowest BCUT2D eigenvalue weighted by Gasteiger charge is -2.37. The quantitative estimate of drug-likeness (QED) is 0.303. The molecule has 11 heteroatoms. The zero-order valence-corrected chi connectivity index (χ0v) is 22.2. The van der Waals surface area contributed by atoms with Crippen LogP contribution in [0, 0.1) is 5.82 Å². The number of anilines is 2. The van der Waals surface area contributed by atoms with Gasteiger partial charge in [0.2, 0.25) is 0 Å². The van der Waals surface area contributed by atoms with Gasteiger partial charge < -0.3 is 29.0 Å². The normalized spacial score (nSPS) is 17.7. The van der Waals surface area contributed by atoms with E-state index >= 15 is 0 Å². The van der Waals surface area contributed by atoms with Gasteiger partial charge >= 0.3 is 0 Å². The van der Waals surface area contributed by atoms with Crippen LogP contribution >= 0.6 is 11.8 Å². The molecule has 38 heavy (non-hydrogen) atoms. The van der Waals surface area contributed by atoms with E-state index in [4.69, 9.17) is 18.9 Å². The molecule has 0 saturated carbocycles. The molecule has 0 unspecified atom stereocenters. The third-order valence-electron chi connectivity index (χ3n) is 6.58. The number of ether oxygens (including phenoxy) is 2. The fraction of sp³-hybridized carbons (Fsp3) is 0.444. The van der Waals surface area contributed by atoms with Crippen LogP contribution in [0.3, 0.4) is 0 Å². The summed E-state index contributed by atoms with van der Waals surface area (Å²) in [6.45, 7) is 4.42. The van der Waals surface area contributed by atoms with Crippen LogP contribution in [-0.4, -0.2) is 68.4 Å². The molecule has 0 aliphatic carbocycles. The van der Waals surface area contributed by atoms with Gasteiger partial charge in [0.05, 0.1) is 29.8 Å². The van der Waals surface area contributed by atoms with Crippen molar-refractivity contribution in [3.8, 4) is 0 Å². The van der Waals surface area contributed by atoms with E-state index in [9.17, 15) is 9.18 Å². The number of aromatic nitrogens is 2. The van der Waals surface area contributed by atoms with Crippen LogP contribution in [0.15, 0.2) is 52.0 Å². The maximum atomic E-state index is 14.2. The van der Waals surface area contributed by atoms with E-state index in [1.807, 2.05) is 18.2 Å². The van der Waals surface area contributed by atoms with Gasteiger partial charge in [-0.1, -0.05) is 23.9 Å². The Morgan fingerprint density at radius 3 is 2.74 bits per heavy atom. The molecule has 4 heterocycles. The Kier molecular flexibility index (Phi) is 8.77. The molecule has 2 saturated heterocycles. The molecule has 2 aliphatic rings. The van der Waals surface area contributed by atoms with Gasteiger partial charge in [-0.15, -0.1) is 0 Å². The monoisotopic (exact) mass is 541 g/mol. The molecule has 0 radical (unpaired) electrons. The number of nitrogens with zero attached hydrogens (tertiary/aromatic N) is 4. The number of para-hydroxylation sites is 1. The van der Waals surface area contributed by atoms with Gasteiger partial charge in [-0.3, -0.25) is 4.79 Å². The molecule has 2 aliphatic heterocycles. The molecule has 2 fully saturated rings. The van der Waals surface area contributed by atoms with E-state index in [0.717, 1.165) is 31.0 Å². The molecule has 5 rings (SSSR count). The second-order valence-corrected chi connectivity index (χ2v) is 10.2. The SMILES string of the molecule is COCc1cc(N2CCN(c3ccccc3F)CC2)nc(SCc2ccc(C(=O)NC[C@H]3CCCO3)o2)n1. The highest BCUT2D eigenvalue weighted by molar-refractivity contribution is 7.98. The van der Waals surface area contributed by atoms with E-state index in [-0.39, 0.29) is 23.6 Å². The summed E-state index contributed by atoms with van der Waals surface area (Å²) >= 11 is 1.44. The Hall–Kier alpha value is -3.15. The number of hydrogen-bond acceptors (Lipinski definition) is 9. The topological polar surface area (TPSA) is 93.0 Å². The smallest absolute Gasteiger partial charge is 0.287 e. The van der Waals surface area contributed by atoms with Crippen molar-refractivity contribution in [2.24, 2.45) is 0 Å². The van der Waals surface area contributed by atoms with Crippen LogP contribution in [0.2, 0.25) is 0 Å². The molecule has 0 bridgehead atoms. The summed E-state index contributed by atoms with van der Waals surface area (Å²) in [4.78, 5) is 26.1. The van der Waals surface area contributed by atoms with Gasteiger partial charge in [-0.2, -0.15) is 0 Å². The van der Waals surface area contributed by atoms with E-state index < -0.39 is 0 Å². The summed E-state index contributed by atoms with van der Waals surface area (Å²) in [5, 5.41) is 3.48. The Bertz CT molecular complexity index is 1230. The second kappa shape index (κ2) is 12.6. The van der Waals surface area contributed by atoms with Crippen LogP contribution in [0.1, 0.15) is 34.9 Å². The molecular weight excluding hydrogens is 509 g/mol. The summed E-state index contributed by atoms with van der Waals surface area (Å²) in [5.74, 6) is 1.79. The summed E-state index contributed by atoms with van der Waals surface area (Å²) in [6, 6.07) is 12.3. The van der Waals surface area contributed by atoms with Crippen molar-refractivity contribution in [2.45, 2.75) is 36.5 Å². The van der Waals surface area contributed by atoms with Crippen molar-refractivity contribution >= 4 is 29.2 Å². The lowest BCUT2D eigenvalue weighted by atomic mass is 10.2. The van der Waals surface area contributed by atoms with Crippen molar-refractivity contribution in [3.63, 3.8) is 0 Å². The van der Waals surface area contributed by atoms with E-state index in [1.165, 1.54) is 17.8 Å². The number of thioether (sulfide) groups is 1. The Morgan fingerprint density at radius 1 is 1.16 bits per heavy atom. The fourth-order valence-electron chi connectivity index (χ4n) is 4.60. The highest BCUT2D eigenvalue weighted by Crippen LogP contribution is 2.26. The lowest BCUT2D eigenvalue weighted by Crippen LogP contribution is -2.47. The zero-order valence-electron chi connectivity index (χ0n) is 21.4. The number of carbonyl (C=O) groups excluding carboxylic acids is 1. The standard InChI is InChI=1S/C27H32FN5O4S/c1-35-17-19-15-25(33-12-10-32(11-13-33)23-7-3-2-6-22(23)28)31-27(30-19)38-18-21-8-9-24(37-21)26(34)29-16-20-5-4-14-36-20/h2-3,6-9,15,20H,4-5,10-14,16-18H2,1H3,(H,29,34)/t20-/m1/s1. The molecule has 202 valence electrons. The molecule has 1 atom stereocenters. The number of piperazine rings is 1. The average molecular weight is 542 g/mol. The summed E-state index contributed by atoms with van der Waals surface area (Å²) in [6.07, 6.45) is 2.07. The minimum atomic E-state index is -0.244. The first kappa shape index (κ1) is 26.5. The minimum absolute atomic E-state index is 0.0807. The Morgan fingerprint density at radius 2 is 1.97 bits per heavy atom. The number of carbonyl (C=O) groups is 1. The van der Waals surface area contributed by atoms with Crippen molar-refractivity contribution in [2.75, 3.05) is 56.2 Å². The van der Waals surface area contributed by atoms with Gasteiger partial charge in [0.1, 0.15) is 17.4 Å². The molecule has 1 N–H and O–H groups in total. The third-order valence-corrected chi connectivity index (χ3v) is 7.45. The number of hydrogen-bond donors (Lipinski definition) is 1. The number of amides is 1. The number of methoxy groups -OCH3 is 1. The number of benzene rings is 1. The summed E-state index contributed by atoms with van der Waals surface area (Å²) < 4.78 is 30.9. The highest BCUT2D eigenvalue weighted by atomic mass is 32.2. The zero-order chi connectivity index (χ0) is 26.3. The molecular formula is C27H32FN5O4S. The van der Waals surface area contributed by atoms with Gasteiger partial charge in [-0.25, -0.2) is 14.4 Å². The predicted molar refractivity (Wildman–Crippen MR) is 143 cm³/mol. The maximum Gasteiger partial charge on any atom is 0.287 e. The van der Waals surface area contributed by atoms with E-state index in [2.05, 4.69) is 20.1 Å². The number of furan rings is 1. The van der Waals surface area contributed by atoms with Crippen molar-refractivity contribution in [1.82, 2.24) is 15.3 Å². The van der Waals surface area contributed by atoms with Gasteiger partial charge in [0, 0.05) is 52.5 Å². The van der Waals surface area contributed by atoms with Crippen molar-refractivity contribution < 1.29 is 23.1 Å². The van der Waals surface area contributed by atoms with Gasteiger partial charge in [0.15, 0.2) is 10.9 Å². The Balaban J connectivity index is 1.19. The molecule has 0 spiro atoms. The highest BCUT2D eigenvalue weighted by Gasteiger charge is 2.22. The maximum absolute atomic E-state index is 14.2. The van der Waals surface area contributed by atoms with Crippen LogP contribution in [-0.2, 0) is 21.8 Å². The van der Waals surface area contributed by atoms with Crippen LogP contribution in [0.25, 0.3) is 0 Å². The molecule has 3 aromatic rings. The van der Waals surface area contributed by atoms with Gasteiger partial charge in [-0.05, 0) is 37.1 Å². The first-order valence-corrected chi connectivity index (χ1v) is 13.8. The van der Waals surface area contributed by atoms with Crippen LogP contribution in [0.4, 0.5) is 15.9 Å². The third kappa shape index (κ3) is 6.64. The van der Waals surface area contributed by atoms with Crippen molar-refractivity contribution in [1.29, 1.82) is 0 Å². The lowest BCUT2D eigenvalue weighted by molar-refractivity contribution is 0.0834. The fourth-order valence-corrected chi connectivity index (χ4v) is 5.37. The van der Waals surface area contributed by atoms with Crippen molar-refractivity contribution in [3.05, 3.63) is 65.5 Å². The molecule has 1 amide bonds. The average Bonchev–Trinajstić information content (AvgIpc) is 3.64. The van der Waals surface area contributed by atoms with Crippen LogP contribution in [0.5, 0.6) is 0 Å². The summed E-state index contributed by atoms with van der Waals surface area (Å²) in [5.41, 5.74) is 1.41.